The number of amides is 1. The molecule has 1 N–H and O–H groups in total. The van der Waals surface area contributed by atoms with Crippen LogP contribution in [0.1, 0.15) is 50.3 Å². The minimum Gasteiger partial charge on any atom is -0.497 e. The van der Waals surface area contributed by atoms with E-state index in [1.807, 2.05) is 39.0 Å². The van der Waals surface area contributed by atoms with Crippen molar-refractivity contribution in [2.24, 2.45) is 0 Å². The van der Waals surface area contributed by atoms with Gasteiger partial charge in [0.15, 0.2) is 0 Å². The lowest BCUT2D eigenvalue weighted by atomic mass is 9.89. The van der Waals surface area contributed by atoms with Gasteiger partial charge in [-0.15, -0.1) is 0 Å². The fourth-order valence-electron chi connectivity index (χ4n) is 4.00. The molecule has 1 aliphatic heterocycles. The lowest BCUT2D eigenvalue weighted by molar-refractivity contribution is -0.122. The summed E-state index contributed by atoms with van der Waals surface area (Å²) in [6, 6.07) is 12.7. The van der Waals surface area contributed by atoms with Gasteiger partial charge in [0.2, 0.25) is 15.9 Å². The minimum atomic E-state index is -3.50. The number of methoxy groups -OCH3 is 1. The molecule has 2 aromatic carbocycles. The lowest BCUT2D eigenvalue weighted by Crippen LogP contribution is -2.41. The van der Waals surface area contributed by atoms with Crippen LogP contribution in [-0.4, -0.2) is 39.8 Å². The van der Waals surface area contributed by atoms with Crippen molar-refractivity contribution < 1.29 is 22.7 Å². The first-order chi connectivity index (χ1) is 15.0. The molecule has 174 valence electrons. The third kappa shape index (κ3) is 5.94. The van der Waals surface area contributed by atoms with Crippen LogP contribution in [0, 0.1) is 6.92 Å². The number of fused-ring (bicyclic) bond motifs is 1. The molecule has 0 unspecified atom stereocenters. The van der Waals surface area contributed by atoms with Gasteiger partial charge in [-0.25, -0.2) is 8.42 Å². The maximum absolute atomic E-state index is 12.7. The van der Waals surface area contributed by atoms with E-state index in [4.69, 9.17) is 9.47 Å². The van der Waals surface area contributed by atoms with Crippen LogP contribution in [0.5, 0.6) is 11.5 Å². The number of carbonyl (C=O) groups is 1. The molecule has 0 bridgehead atoms. The molecule has 1 heterocycles. The lowest BCUT2D eigenvalue weighted by Gasteiger charge is -2.38. The molecule has 0 aliphatic carbocycles. The summed E-state index contributed by atoms with van der Waals surface area (Å²) in [6.07, 6.45) is 2.43. The fraction of sp³-hybridized carbons (Fsp3) is 0.458. The number of nitrogens with one attached hydrogen (secondary N) is 1. The highest BCUT2D eigenvalue weighted by Gasteiger charge is 2.34. The smallest absolute Gasteiger partial charge is 0.232 e. The van der Waals surface area contributed by atoms with Gasteiger partial charge in [0.1, 0.15) is 17.1 Å². The second-order valence-corrected chi connectivity index (χ2v) is 10.8. The van der Waals surface area contributed by atoms with Crippen LogP contribution >= 0.6 is 0 Å². The first-order valence-electron chi connectivity index (χ1n) is 10.7. The van der Waals surface area contributed by atoms with Gasteiger partial charge in [-0.3, -0.25) is 9.10 Å². The summed E-state index contributed by atoms with van der Waals surface area (Å²) < 4.78 is 37.2. The van der Waals surface area contributed by atoms with Gasteiger partial charge in [-0.05, 0) is 45.4 Å². The summed E-state index contributed by atoms with van der Waals surface area (Å²) in [5, 5.41) is 3.12. The first kappa shape index (κ1) is 23.9. The molecule has 0 fully saturated rings. The molecule has 0 spiro atoms. The van der Waals surface area contributed by atoms with E-state index >= 15 is 0 Å². The number of anilines is 1. The average molecular weight is 461 g/mol. The predicted molar refractivity (Wildman–Crippen MR) is 126 cm³/mol. The zero-order chi connectivity index (χ0) is 23.5. The molecule has 0 saturated carbocycles. The quantitative estimate of drug-likeness (QED) is 0.644. The molecule has 3 rings (SSSR count). The van der Waals surface area contributed by atoms with E-state index in [0.29, 0.717) is 24.3 Å². The predicted octanol–water partition coefficient (Wildman–Crippen LogP) is 3.97. The Labute approximate surface area is 190 Å². The highest BCUT2D eigenvalue weighted by atomic mass is 32.2. The Morgan fingerprint density at radius 1 is 1.25 bits per heavy atom. The number of hydrogen-bond donors (Lipinski definition) is 1. The summed E-state index contributed by atoms with van der Waals surface area (Å²) in [4.78, 5) is 12.7. The number of sulfonamides is 1. The summed E-state index contributed by atoms with van der Waals surface area (Å²) in [5.74, 6) is 1.25. The maximum atomic E-state index is 12.7. The summed E-state index contributed by atoms with van der Waals surface area (Å²) in [5.41, 5.74) is 2.21. The topological polar surface area (TPSA) is 84.9 Å². The normalized spacial score (nSPS) is 17.1. The molecular weight excluding hydrogens is 428 g/mol. The standard InChI is InChI=1S/C24H32N2O5S/c1-17-11-12-22-20(14-17)21(16-24(2,3)31-22)25-23(27)10-7-13-26(32(5,28)29)18-8-6-9-19(15-18)30-4/h6,8-9,11-12,14-15,21H,7,10,13,16H2,1-5H3,(H,25,27)/t21-/m0/s1. The second-order valence-electron chi connectivity index (χ2n) is 8.87. The Bertz CT molecular complexity index is 1080. The van der Waals surface area contributed by atoms with E-state index in [-0.39, 0.29) is 30.5 Å². The van der Waals surface area contributed by atoms with Gasteiger partial charge in [0.25, 0.3) is 0 Å². The zero-order valence-corrected chi connectivity index (χ0v) is 20.2. The van der Waals surface area contributed by atoms with E-state index < -0.39 is 10.0 Å². The van der Waals surface area contributed by atoms with Crippen molar-refractivity contribution in [2.45, 2.75) is 51.7 Å². The summed E-state index contributed by atoms with van der Waals surface area (Å²) in [7, 11) is -1.97. The molecule has 0 aromatic heterocycles. The van der Waals surface area contributed by atoms with Crippen molar-refractivity contribution in [3.8, 4) is 11.5 Å². The van der Waals surface area contributed by atoms with Gasteiger partial charge < -0.3 is 14.8 Å². The first-order valence-corrected chi connectivity index (χ1v) is 12.5. The van der Waals surface area contributed by atoms with Crippen LogP contribution in [0.25, 0.3) is 0 Å². The van der Waals surface area contributed by atoms with Crippen LogP contribution in [0.2, 0.25) is 0 Å². The largest absolute Gasteiger partial charge is 0.497 e. The molecule has 7 nitrogen and oxygen atoms in total. The molecule has 2 aromatic rings. The third-order valence-electron chi connectivity index (χ3n) is 5.46. The van der Waals surface area contributed by atoms with E-state index in [2.05, 4.69) is 5.32 Å². The van der Waals surface area contributed by atoms with E-state index in [1.165, 1.54) is 11.4 Å². The van der Waals surface area contributed by atoms with E-state index in [1.54, 1.807) is 24.3 Å². The number of rotatable bonds is 8. The average Bonchev–Trinajstić information content (AvgIpc) is 2.70. The van der Waals surface area contributed by atoms with Crippen molar-refractivity contribution in [2.75, 3.05) is 24.2 Å². The number of hydrogen-bond acceptors (Lipinski definition) is 5. The minimum absolute atomic E-state index is 0.112. The molecule has 1 aliphatic rings. The van der Waals surface area contributed by atoms with Gasteiger partial charge in [0, 0.05) is 31.0 Å². The summed E-state index contributed by atoms with van der Waals surface area (Å²) >= 11 is 0. The Morgan fingerprint density at radius 2 is 2.00 bits per heavy atom. The van der Waals surface area contributed by atoms with Gasteiger partial charge in [-0.2, -0.15) is 0 Å². The molecule has 8 heteroatoms. The van der Waals surface area contributed by atoms with Gasteiger partial charge in [-0.1, -0.05) is 23.8 Å². The SMILES string of the molecule is COc1cccc(N(CCCC(=O)N[C@H]2CC(C)(C)Oc3ccc(C)cc32)S(C)(=O)=O)c1. The maximum Gasteiger partial charge on any atom is 0.232 e. The van der Waals surface area contributed by atoms with Gasteiger partial charge >= 0.3 is 0 Å². The fourth-order valence-corrected chi connectivity index (χ4v) is 4.96. The van der Waals surface area contributed by atoms with Crippen LogP contribution in [0.3, 0.4) is 0 Å². The Hall–Kier alpha value is -2.74. The Morgan fingerprint density at radius 3 is 2.69 bits per heavy atom. The van der Waals surface area contributed by atoms with Crippen molar-refractivity contribution in [1.82, 2.24) is 5.32 Å². The summed E-state index contributed by atoms with van der Waals surface area (Å²) in [6.45, 7) is 6.23. The Balaban J connectivity index is 1.66. The highest BCUT2D eigenvalue weighted by molar-refractivity contribution is 7.92. The molecule has 0 radical (unpaired) electrons. The monoisotopic (exact) mass is 460 g/mol. The van der Waals surface area contributed by atoms with Crippen molar-refractivity contribution in [3.05, 3.63) is 53.6 Å². The van der Waals surface area contributed by atoms with Gasteiger partial charge in [0.05, 0.1) is 25.1 Å². The number of ether oxygens (including phenoxy) is 2. The molecule has 0 saturated heterocycles. The number of nitrogens with zero attached hydrogens (tertiary/aromatic N) is 1. The van der Waals surface area contributed by atoms with Crippen LogP contribution in [0.15, 0.2) is 42.5 Å². The van der Waals surface area contributed by atoms with Crippen LogP contribution < -0.4 is 19.1 Å². The van der Waals surface area contributed by atoms with E-state index in [0.717, 1.165) is 23.1 Å². The third-order valence-corrected chi connectivity index (χ3v) is 6.66. The molecule has 32 heavy (non-hydrogen) atoms. The Kier molecular flexibility index (Phi) is 7.03. The van der Waals surface area contributed by atoms with Crippen LogP contribution in [0.4, 0.5) is 5.69 Å². The van der Waals surface area contributed by atoms with Crippen molar-refractivity contribution in [3.63, 3.8) is 0 Å². The van der Waals surface area contributed by atoms with Crippen molar-refractivity contribution in [1.29, 1.82) is 0 Å². The molecule has 1 amide bonds. The zero-order valence-electron chi connectivity index (χ0n) is 19.3. The number of carbonyl (C=O) groups excluding carboxylic acids is 1. The molecular formula is C24H32N2O5S. The second kappa shape index (κ2) is 9.40. The molecule has 1 atom stereocenters. The highest BCUT2D eigenvalue weighted by Crippen LogP contribution is 2.39. The van der Waals surface area contributed by atoms with Crippen LogP contribution in [-0.2, 0) is 14.8 Å². The van der Waals surface area contributed by atoms with Crippen molar-refractivity contribution >= 4 is 21.6 Å². The van der Waals surface area contributed by atoms with E-state index in [9.17, 15) is 13.2 Å². The number of aryl methyl sites for hydroxylation is 1. The number of benzene rings is 2.